The van der Waals surface area contributed by atoms with E-state index in [1.807, 2.05) is 0 Å². The number of hydrogen-bond acceptors (Lipinski definition) is 3. The Balaban J connectivity index is 2.47. The Morgan fingerprint density at radius 2 is 2.36 bits per heavy atom. The molecule has 0 amide bonds. The molecule has 0 unspecified atom stereocenters. The zero-order chi connectivity index (χ0) is 10.1. The van der Waals surface area contributed by atoms with E-state index in [4.69, 9.17) is 10.5 Å². The highest BCUT2D eigenvalue weighted by molar-refractivity contribution is 5.66. The fraction of sp³-hybridized carbons (Fsp3) is 0.400. The van der Waals surface area contributed by atoms with Crippen LogP contribution in [0.25, 0.3) is 0 Å². The Morgan fingerprint density at radius 1 is 1.57 bits per heavy atom. The lowest BCUT2D eigenvalue weighted by molar-refractivity contribution is 0.307. The number of nitrogen functional groups attached to an aromatic ring is 1. The minimum atomic E-state index is -0.415. The van der Waals surface area contributed by atoms with Gasteiger partial charge in [0.05, 0.1) is 17.9 Å². The summed E-state index contributed by atoms with van der Waals surface area (Å²) in [6, 6.07) is 2.99. The van der Waals surface area contributed by atoms with Gasteiger partial charge in [0.25, 0.3) is 0 Å². The molecule has 0 saturated carbocycles. The van der Waals surface area contributed by atoms with Gasteiger partial charge in [-0.05, 0) is 13.0 Å². The number of anilines is 2. The minimum absolute atomic E-state index is 0.174. The number of fused-ring (bicyclic) bond motifs is 1. The maximum absolute atomic E-state index is 13.1. The third-order valence-electron chi connectivity index (χ3n) is 2.42. The van der Waals surface area contributed by atoms with E-state index in [1.165, 1.54) is 6.07 Å². The van der Waals surface area contributed by atoms with Crippen LogP contribution in [0, 0.1) is 5.82 Å². The van der Waals surface area contributed by atoms with Crippen molar-refractivity contribution in [3.05, 3.63) is 17.9 Å². The van der Waals surface area contributed by atoms with Crippen LogP contribution in [0.1, 0.15) is 6.92 Å². The summed E-state index contributed by atoms with van der Waals surface area (Å²) in [5, 5.41) is 0. The zero-order valence-electron chi connectivity index (χ0n) is 8.09. The largest absolute Gasteiger partial charge is 0.489 e. The van der Waals surface area contributed by atoms with E-state index in [2.05, 4.69) is 11.8 Å². The summed E-state index contributed by atoms with van der Waals surface area (Å²) in [6.45, 7) is 4.36. The number of nitrogens with two attached hydrogens (primary N) is 1. The molecule has 76 valence electrons. The molecule has 1 aromatic rings. The standard InChI is InChI=1S/C10H13FN2O/c1-2-13-3-4-14-10-5-7(11)8(12)6-9(10)13/h5-6H,2-4,12H2,1H3. The lowest BCUT2D eigenvalue weighted by Crippen LogP contribution is -2.32. The Bertz CT molecular complexity index is 354. The molecular formula is C10H13FN2O. The second kappa shape index (κ2) is 3.36. The summed E-state index contributed by atoms with van der Waals surface area (Å²) in [5.41, 5.74) is 6.56. The van der Waals surface area contributed by atoms with E-state index in [9.17, 15) is 4.39 Å². The van der Waals surface area contributed by atoms with Crippen molar-refractivity contribution in [2.45, 2.75) is 6.92 Å². The highest BCUT2D eigenvalue weighted by Gasteiger charge is 2.18. The average molecular weight is 196 g/mol. The van der Waals surface area contributed by atoms with E-state index >= 15 is 0 Å². The smallest absolute Gasteiger partial charge is 0.149 e. The molecule has 0 spiro atoms. The van der Waals surface area contributed by atoms with E-state index in [0.717, 1.165) is 18.8 Å². The van der Waals surface area contributed by atoms with Crippen molar-refractivity contribution in [3.63, 3.8) is 0 Å². The predicted octanol–water partition coefficient (Wildman–Crippen LogP) is 1.63. The van der Waals surface area contributed by atoms with E-state index in [1.54, 1.807) is 6.07 Å². The molecule has 3 nitrogen and oxygen atoms in total. The topological polar surface area (TPSA) is 38.5 Å². The van der Waals surface area contributed by atoms with Gasteiger partial charge < -0.3 is 15.4 Å². The van der Waals surface area contributed by atoms with Crippen LogP contribution in [0.2, 0.25) is 0 Å². The molecule has 4 heteroatoms. The van der Waals surface area contributed by atoms with Crippen molar-refractivity contribution in [3.8, 4) is 5.75 Å². The second-order valence-electron chi connectivity index (χ2n) is 3.27. The van der Waals surface area contributed by atoms with Gasteiger partial charge in [0, 0.05) is 12.6 Å². The van der Waals surface area contributed by atoms with Gasteiger partial charge in [-0.3, -0.25) is 0 Å². The number of benzene rings is 1. The molecule has 1 aliphatic heterocycles. The van der Waals surface area contributed by atoms with Gasteiger partial charge in [0.15, 0.2) is 0 Å². The molecule has 0 aliphatic carbocycles. The normalized spacial score (nSPS) is 14.9. The first-order valence-electron chi connectivity index (χ1n) is 4.69. The molecule has 0 radical (unpaired) electrons. The molecule has 0 fully saturated rings. The van der Waals surface area contributed by atoms with Gasteiger partial charge in [-0.15, -0.1) is 0 Å². The highest BCUT2D eigenvalue weighted by Crippen LogP contribution is 2.34. The highest BCUT2D eigenvalue weighted by atomic mass is 19.1. The molecule has 0 bridgehead atoms. The minimum Gasteiger partial charge on any atom is -0.489 e. The Kier molecular flexibility index (Phi) is 2.19. The monoisotopic (exact) mass is 196 g/mol. The Labute approximate surface area is 82.3 Å². The van der Waals surface area contributed by atoms with Crippen LogP contribution in [0.15, 0.2) is 12.1 Å². The number of hydrogen-bond donors (Lipinski definition) is 1. The maximum atomic E-state index is 13.1. The van der Waals surface area contributed by atoms with Gasteiger partial charge in [-0.2, -0.15) is 0 Å². The number of likely N-dealkylation sites (N-methyl/N-ethyl adjacent to an activating group) is 1. The quantitative estimate of drug-likeness (QED) is 0.694. The molecule has 0 atom stereocenters. The van der Waals surface area contributed by atoms with Crippen LogP contribution >= 0.6 is 0 Å². The molecule has 2 N–H and O–H groups in total. The Morgan fingerprint density at radius 3 is 3.07 bits per heavy atom. The zero-order valence-corrected chi connectivity index (χ0v) is 8.09. The van der Waals surface area contributed by atoms with Crippen molar-refractivity contribution in [2.24, 2.45) is 0 Å². The lowest BCUT2D eigenvalue weighted by atomic mass is 10.2. The molecule has 2 rings (SSSR count). The van der Waals surface area contributed by atoms with Gasteiger partial charge >= 0.3 is 0 Å². The molecular weight excluding hydrogens is 183 g/mol. The summed E-state index contributed by atoms with van der Waals surface area (Å²) in [6.07, 6.45) is 0. The first kappa shape index (κ1) is 9.12. The van der Waals surface area contributed by atoms with Crippen molar-refractivity contribution in [1.82, 2.24) is 0 Å². The first-order chi connectivity index (χ1) is 6.72. The molecule has 0 aromatic heterocycles. The first-order valence-corrected chi connectivity index (χ1v) is 4.69. The van der Waals surface area contributed by atoms with E-state index in [0.29, 0.717) is 12.4 Å². The molecule has 0 saturated heterocycles. The van der Waals surface area contributed by atoms with Gasteiger partial charge in [0.1, 0.15) is 18.2 Å². The Hall–Kier alpha value is -1.45. The summed E-state index contributed by atoms with van der Waals surface area (Å²) in [7, 11) is 0. The third-order valence-corrected chi connectivity index (χ3v) is 2.42. The number of rotatable bonds is 1. The van der Waals surface area contributed by atoms with Crippen molar-refractivity contribution in [2.75, 3.05) is 30.3 Å². The van der Waals surface area contributed by atoms with E-state index in [-0.39, 0.29) is 5.69 Å². The number of nitrogens with zero attached hydrogens (tertiary/aromatic N) is 1. The SMILES string of the molecule is CCN1CCOc2cc(F)c(N)cc21. The number of ether oxygens (including phenoxy) is 1. The molecule has 1 aliphatic rings. The molecule has 1 heterocycles. The fourth-order valence-corrected chi connectivity index (χ4v) is 1.64. The van der Waals surface area contributed by atoms with Crippen LogP contribution in [0.4, 0.5) is 15.8 Å². The van der Waals surface area contributed by atoms with Crippen molar-refractivity contribution >= 4 is 11.4 Å². The summed E-state index contributed by atoms with van der Waals surface area (Å²) in [5.74, 6) is 0.173. The third kappa shape index (κ3) is 1.36. The van der Waals surface area contributed by atoms with Crippen LogP contribution in [-0.4, -0.2) is 19.7 Å². The van der Waals surface area contributed by atoms with Crippen LogP contribution in [0.3, 0.4) is 0 Å². The second-order valence-corrected chi connectivity index (χ2v) is 3.27. The number of halogens is 1. The van der Waals surface area contributed by atoms with Gasteiger partial charge in [0.2, 0.25) is 0 Å². The predicted molar refractivity (Wildman–Crippen MR) is 54.2 cm³/mol. The van der Waals surface area contributed by atoms with Crippen LogP contribution in [-0.2, 0) is 0 Å². The van der Waals surface area contributed by atoms with Crippen molar-refractivity contribution in [1.29, 1.82) is 0 Å². The lowest BCUT2D eigenvalue weighted by Gasteiger charge is -2.30. The molecule has 1 aromatic carbocycles. The average Bonchev–Trinajstić information content (AvgIpc) is 2.19. The fourth-order valence-electron chi connectivity index (χ4n) is 1.64. The van der Waals surface area contributed by atoms with E-state index < -0.39 is 5.82 Å². The summed E-state index contributed by atoms with van der Waals surface area (Å²) >= 11 is 0. The molecule has 14 heavy (non-hydrogen) atoms. The van der Waals surface area contributed by atoms with Gasteiger partial charge in [-0.1, -0.05) is 0 Å². The maximum Gasteiger partial charge on any atom is 0.149 e. The van der Waals surface area contributed by atoms with Crippen LogP contribution in [0.5, 0.6) is 5.75 Å². The van der Waals surface area contributed by atoms with Crippen LogP contribution < -0.4 is 15.4 Å². The van der Waals surface area contributed by atoms with Crippen molar-refractivity contribution < 1.29 is 9.13 Å². The summed E-state index contributed by atoms with van der Waals surface area (Å²) in [4.78, 5) is 2.12. The van der Waals surface area contributed by atoms with Gasteiger partial charge in [-0.25, -0.2) is 4.39 Å². The summed E-state index contributed by atoms with van der Waals surface area (Å²) < 4.78 is 18.5.